The Kier molecular flexibility index (Phi) is 6.95. The lowest BCUT2D eigenvalue weighted by Gasteiger charge is -2.59. The van der Waals surface area contributed by atoms with Crippen molar-refractivity contribution in [2.24, 2.45) is 17.3 Å². The fraction of sp³-hybridized carbons (Fsp3) is 0.400. The van der Waals surface area contributed by atoms with Crippen LogP contribution in [0.5, 0.6) is 5.75 Å². The average molecular weight is 728 g/mol. The monoisotopic (exact) mass is 725 g/mol. The van der Waals surface area contributed by atoms with Gasteiger partial charge in [-0.05, 0) is 87.9 Å². The van der Waals surface area contributed by atoms with Crippen LogP contribution in [0.2, 0.25) is 0 Å². The predicted molar refractivity (Wildman–Crippen MR) is 131 cm³/mol. The molecule has 0 amide bonds. The van der Waals surface area contributed by atoms with Gasteiger partial charge in [-0.1, -0.05) is 15.9 Å². The maximum Gasteiger partial charge on any atom is 0.339 e. The van der Waals surface area contributed by atoms with Crippen molar-refractivity contribution in [1.29, 1.82) is 0 Å². The van der Waals surface area contributed by atoms with Crippen LogP contribution in [0.4, 0.5) is 17.6 Å². The Balaban J connectivity index is 1.45. The number of benzene rings is 2. The highest BCUT2D eigenvalue weighted by atomic mass is 79.9. The molecule has 4 bridgehead atoms. The zero-order valence-corrected chi connectivity index (χ0v) is 23.9. The predicted octanol–water partition coefficient (Wildman–Crippen LogP) is 6.00. The van der Waals surface area contributed by atoms with Crippen LogP contribution in [0.3, 0.4) is 0 Å². The molecule has 13 heteroatoms. The molecular formula is C25H16Br3F4O6-. The Morgan fingerprint density at radius 2 is 1.47 bits per heavy atom. The molecule has 0 heterocycles. The van der Waals surface area contributed by atoms with Crippen molar-refractivity contribution >= 4 is 65.7 Å². The number of rotatable bonds is 5. The molecular weight excluding hydrogens is 712 g/mol. The summed E-state index contributed by atoms with van der Waals surface area (Å²) < 4.78 is 69.9. The van der Waals surface area contributed by atoms with Crippen LogP contribution < -0.4 is 9.84 Å². The van der Waals surface area contributed by atoms with Crippen molar-refractivity contribution < 1.29 is 46.5 Å². The van der Waals surface area contributed by atoms with Gasteiger partial charge in [0.15, 0.2) is 11.6 Å². The normalized spacial score (nSPS) is 27.3. The minimum atomic E-state index is -2.47. The molecule has 2 aromatic rings. The number of hydrogen-bond donors (Lipinski definition) is 0. The third kappa shape index (κ3) is 4.47. The van der Waals surface area contributed by atoms with E-state index in [2.05, 4.69) is 47.8 Å². The van der Waals surface area contributed by atoms with E-state index in [0.29, 0.717) is 26.3 Å². The van der Waals surface area contributed by atoms with Gasteiger partial charge in [-0.25, -0.2) is 13.6 Å². The molecule has 202 valence electrons. The number of aromatic carboxylic acids is 1. The molecule has 0 N–H and O–H groups in total. The molecule has 2 unspecified atom stereocenters. The number of carboxylic acid groups (broad SMARTS) is 1. The third-order valence-electron chi connectivity index (χ3n) is 7.58. The molecule has 0 saturated heterocycles. The lowest BCUT2D eigenvalue weighted by molar-refractivity contribution is -0.255. The first kappa shape index (κ1) is 27.6. The van der Waals surface area contributed by atoms with E-state index in [1.54, 1.807) is 12.1 Å². The summed E-state index contributed by atoms with van der Waals surface area (Å²) in [5.74, 6) is -14.8. The third-order valence-corrected chi connectivity index (χ3v) is 10.1. The summed E-state index contributed by atoms with van der Waals surface area (Å²) in [6.07, 6.45) is 2.26. The second-order valence-electron chi connectivity index (χ2n) is 10.2. The molecule has 0 aromatic heterocycles. The van der Waals surface area contributed by atoms with Crippen molar-refractivity contribution in [1.82, 2.24) is 0 Å². The van der Waals surface area contributed by atoms with Gasteiger partial charge in [-0.15, -0.1) is 0 Å². The van der Waals surface area contributed by atoms with Gasteiger partial charge >= 0.3 is 11.9 Å². The summed E-state index contributed by atoms with van der Waals surface area (Å²) in [4.78, 5) is 37.5. The number of carbonyl (C=O) groups excluding carboxylic acids is 3. The minimum Gasteiger partial charge on any atom is -0.545 e. The van der Waals surface area contributed by atoms with E-state index in [4.69, 9.17) is 9.47 Å². The highest BCUT2D eigenvalue weighted by molar-refractivity contribution is 9.13. The topological polar surface area (TPSA) is 92.7 Å². The second-order valence-corrected chi connectivity index (χ2v) is 12.8. The highest BCUT2D eigenvalue weighted by Crippen LogP contribution is 2.63. The van der Waals surface area contributed by atoms with Gasteiger partial charge in [0.2, 0.25) is 17.4 Å². The quantitative estimate of drug-likeness (QED) is 0.163. The summed E-state index contributed by atoms with van der Waals surface area (Å²) in [6.45, 7) is 0. The Morgan fingerprint density at radius 1 is 0.895 bits per heavy atom. The first-order valence-electron chi connectivity index (χ1n) is 11.4. The van der Waals surface area contributed by atoms with E-state index >= 15 is 0 Å². The maximum atomic E-state index is 14.5. The van der Waals surface area contributed by atoms with Crippen molar-refractivity contribution in [2.45, 2.75) is 44.1 Å². The number of halogens is 7. The summed E-state index contributed by atoms with van der Waals surface area (Å²) in [6, 6.07) is 3.31. The van der Waals surface area contributed by atoms with Gasteiger partial charge in [-0.2, -0.15) is 8.78 Å². The Hall–Kier alpha value is -1.99. The molecule has 4 fully saturated rings. The van der Waals surface area contributed by atoms with Gasteiger partial charge in [0, 0.05) is 19.8 Å². The molecule has 4 aliphatic carbocycles. The van der Waals surface area contributed by atoms with Crippen LogP contribution in [0.1, 0.15) is 59.2 Å². The zero-order chi connectivity index (χ0) is 27.7. The Bertz CT molecular complexity index is 1370. The average Bonchev–Trinajstić information content (AvgIpc) is 2.81. The van der Waals surface area contributed by atoms with E-state index in [-0.39, 0.29) is 36.7 Å². The van der Waals surface area contributed by atoms with Crippen molar-refractivity contribution in [3.05, 3.63) is 59.9 Å². The van der Waals surface area contributed by atoms with E-state index in [1.807, 2.05) is 0 Å². The lowest BCUT2D eigenvalue weighted by Crippen LogP contribution is -2.60. The summed E-state index contributed by atoms with van der Waals surface area (Å²) >= 11 is 10.0. The fourth-order valence-corrected chi connectivity index (χ4v) is 8.19. The molecule has 0 spiro atoms. The first-order chi connectivity index (χ1) is 17.8. The number of carboxylic acids is 1. The standard InChI is InChI=1S/C25H17Br3F4O6/c26-11-2-12(15(28)13(27)3-11)22(35)38-25-6-9-1-10(7-25)5-24(4-9,8-25)23(36)37-20-18(31)16(29)14(21(33)34)17(30)19(20)32/h2-3,9-10H,1,4-8H2,(H,33,34)/p-1. The van der Waals surface area contributed by atoms with Crippen LogP contribution >= 0.6 is 47.8 Å². The molecule has 2 aromatic carbocycles. The van der Waals surface area contributed by atoms with Gasteiger partial charge in [-0.3, -0.25) is 4.79 Å². The fourth-order valence-electron chi connectivity index (χ4n) is 6.57. The molecule has 38 heavy (non-hydrogen) atoms. The summed E-state index contributed by atoms with van der Waals surface area (Å²) in [5.41, 5.74) is -4.08. The number of hydrogen-bond acceptors (Lipinski definition) is 6. The SMILES string of the molecule is O=C(OC12CC3CC(C1)CC(C(=O)Oc1c(F)c(F)c(C(=O)[O-])c(F)c1F)(C3)C2)c1cc(Br)cc(Br)c1Br. The van der Waals surface area contributed by atoms with E-state index < -0.39 is 63.5 Å². The highest BCUT2D eigenvalue weighted by Gasteiger charge is 2.63. The number of esters is 2. The van der Waals surface area contributed by atoms with Crippen LogP contribution in [-0.4, -0.2) is 23.5 Å². The molecule has 6 nitrogen and oxygen atoms in total. The second kappa shape index (κ2) is 9.58. The van der Waals surface area contributed by atoms with Gasteiger partial charge < -0.3 is 19.4 Å². The van der Waals surface area contributed by atoms with Crippen LogP contribution in [-0.2, 0) is 9.53 Å². The largest absolute Gasteiger partial charge is 0.545 e. The molecule has 6 rings (SSSR count). The van der Waals surface area contributed by atoms with E-state index in [1.165, 1.54) is 0 Å². The molecule has 0 radical (unpaired) electrons. The van der Waals surface area contributed by atoms with Gasteiger partial charge in [0.1, 0.15) is 5.60 Å². The molecule has 4 saturated carbocycles. The first-order valence-corrected chi connectivity index (χ1v) is 13.8. The Labute approximate surface area is 238 Å². The minimum absolute atomic E-state index is 0.00427. The molecule has 2 atom stereocenters. The maximum absolute atomic E-state index is 14.5. The molecule has 4 aliphatic rings. The number of ether oxygens (including phenoxy) is 2. The van der Waals surface area contributed by atoms with Gasteiger partial charge in [0.25, 0.3) is 0 Å². The smallest absolute Gasteiger partial charge is 0.339 e. The van der Waals surface area contributed by atoms with Crippen molar-refractivity contribution in [3.63, 3.8) is 0 Å². The van der Waals surface area contributed by atoms with Crippen LogP contribution in [0.25, 0.3) is 0 Å². The van der Waals surface area contributed by atoms with Crippen LogP contribution in [0.15, 0.2) is 25.6 Å². The molecule has 0 aliphatic heterocycles. The summed E-state index contributed by atoms with van der Waals surface area (Å²) in [7, 11) is 0. The van der Waals surface area contributed by atoms with Crippen molar-refractivity contribution in [3.8, 4) is 5.75 Å². The number of carbonyl (C=O) groups is 3. The van der Waals surface area contributed by atoms with Gasteiger partial charge in [0.05, 0.1) is 22.5 Å². The lowest BCUT2D eigenvalue weighted by atomic mass is 9.48. The van der Waals surface area contributed by atoms with Crippen LogP contribution in [0, 0.1) is 40.5 Å². The van der Waals surface area contributed by atoms with E-state index in [9.17, 15) is 37.1 Å². The summed E-state index contributed by atoms with van der Waals surface area (Å²) in [5, 5.41) is 10.9. The zero-order valence-electron chi connectivity index (χ0n) is 19.1. The van der Waals surface area contributed by atoms with E-state index in [0.717, 1.165) is 6.42 Å². The Morgan fingerprint density at radius 3 is 2.03 bits per heavy atom. The van der Waals surface area contributed by atoms with Crippen molar-refractivity contribution in [2.75, 3.05) is 0 Å².